The van der Waals surface area contributed by atoms with Crippen molar-refractivity contribution in [2.45, 2.75) is 120 Å². The number of benzene rings is 1. The van der Waals surface area contributed by atoms with Crippen LogP contribution in [0.3, 0.4) is 0 Å². The summed E-state index contributed by atoms with van der Waals surface area (Å²) in [6.45, 7) is 3.44. The van der Waals surface area contributed by atoms with Crippen molar-refractivity contribution in [3.63, 3.8) is 0 Å². The van der Waals surface area contributed by atoms with Gasteiger partial charge in [0.25, 0.3) is 5.91 Å². The number of hydrogen-bond acceptors (Lipinski definition) is 15. The second-order valence-electron chi connectivity index (χ2n) is 15.3. The molecule has 0 saturated carbocycles. The van der Waals surface area contributed by atoms with Crippen LogP contribution in [0.15, 0.2) is 29.3 Å². The number of likely N-dealkylation sites (tertiary alicyclic amines) is 1. The highest BCUT2D eigenvalue weighted by atomic mass is 16.4. The van der Waals surface area contributed by atoms with Crippen LogP contribution in [0, 0.1) is 0 Å². The molecule has 14 N–H and O–H groups in total. The van der Waals surface area contributed by atoms with Gasteiger partial charge in [0.15, 0.2) is 0 Å². The maximum absolute atomic E-state index is 13.3. The molecule has 0 aromatic heterocycles. The first kappa shape index (κ1) is 51.0. The molecule has 1 unspecified atom stereocenters. The number of unbranched alkanes of at least 4 members (excludes halogenated alkanes) is 2. The molecule has 1 saturated heterocycles. The summed E-state index contributed by atoms with van der Waals surface area (Å²) in [7, 11) is -1.66. The van der Waals surface area contributed by atoms with E-state index in [1.54, 1.807) is 12.1 Å². The average molecular weight is 888 g/mol. The molecular weight excluding hydrogens is 829 g/mol. The van der Waals surface area contributed by atoms with Gasteiger partial charge in [-0.3, -0.25) is 54.2 Å². The second-order valence-corrected chi connectivity index (χ2v) is 15.3. The molecule has 2 aliphatic rings. The maximum atomic E-state index is 13.3. The lowest BCUT2D eigenvalue weighted by molar-refractivity contribution is -0.142. The zero-order chi connectivity index (χ0) is 46.6. The number of anilines is 1. The number of aliphatic carboxylic acids is 2. The van der Waals surface area contributed by atoms with Crippen LogP contribution in [0.25, 0.3) is 0 Å². The Hall–Kier alpha value is -6.34. The van der Waals surface area contributed by atoms with Crippen molar-refractivity contribution in [2.24, 2.45) is 10.7 Å². The van der Waals surface area contributed by atoms with Crippen LogP contribution in [0.5, 0.6) is 0 Å². The van der Waals surface area contributed by atoms with Crippen molar-refractivity contribution in [2.75, 3.05) is 25.1 Å². The van der Waals surface area contributed by atoms with Gasteiger partial charge in [0.1, 0.15) is 24.2 Å². The number of carboxylic acid groups (broad SMARTS) is 2. The lowest BCUT2D eigenvalue weighted by Gasteiger charge is -2.27. The standard InChI is InChI=1S/C38H58BN11O13/c1-21(44-35(57)26(40)18-32(53)54)33(55)47-28(17-25-19-41-20-43-25)36(58)46-27(38(60)61)14-15-42-30(51)8-4-3-5-9-31(52)49-48-24-12-10-23(11-13-24)34(56)45-22(2)37(59)50-16-6-7-29(50)39(62)63/h10-13,20-22,25-29,48,62-63H,3-9,14-19,40H2,1-2H3,(H,41,43)(H,42,51)(H,44,57)(H,45,56)(H,46,58)(H,47,55)(H,49,52)(H,53,54)(H,60,61)/t21-,22+,25?,26-,27-,28-,29-/m0/s1. The minimum atomic E-state index is -1.66. The quantitative estimate of drug-likeness (QED) is 0.0243. The van der Waals surface area contributed by atoms with Gasteiger partial charge >= 0.3 is 19.1 Å². The van der Waals surface area contributed by atoms with Gasteiger partial charge in [-0.25, -0.2) is 4.79 Å². The Morgan fingerprint density at radius 3 is 2.14 bits per heavy atom. The van der Waals surface area contributed by atoms with Crippen molar-refractivity contribution >= 4 is 72.4 Å². The van der Waals surface area contributed by atoms with Crippen molar-refractivity contribution < 1.29 is 63.4 Å². The van der Waals surface area contributed by atoms with Crippen molar-refractivity contribution in [1.82, 2.24) is 42.2 Å². The number of carboxylic acids is 2. The number of carbonyl (C=O) groups is 9. The van der Waals surface area contributed by atoms with Crippen LogP contribution in [-0.4, -0.2) is 154 Å². The Balaban J connectivity index is 1.34. The monoisotopic (exact) mass is 887 g/mol. The van der Waals surface area contributed by atoms with Crippen molar-refractivity contribution in [3.8, 4) is 0 Å². The maximum Gasteiger partial charge on any atom is 0.475 e. The largest absolute Gasteiger partial charge is 0.481 e. The van der Waals surface area contributed by atoms with E-state index >= 15 is 0 Å². The third-order valence-corrected chi connectivity index (χ3v) is 10.2. The normalized spacial score (nSPS) is 17.7. The number of nitrogens with zero attached hydrogens (tertiary/aromatic N) is 2. The van der Waals surface area contributed by atoms with Gasteiger partial charge in [-0.2, -0.15) is 0 Å². The minimum absolute atomic E-state index is 0.0233. The molecule has 25 heteroatoms. The molecule has 0 aliphatic carbocycles. The van der Waals surface area contributed by atoms with Crippen LogP contribution >= 0.6 is 0 Å². The van der Waals surface area contributed by atoms with Crippen LogP contribution in [0.4, 0.5) is 5.69 Å². The van der Waals surface area contributed by atoms with Crippen molar-refractivity contribution in [3.05, 3.63) is 29.8 Å². The fourth-order valence-corrected chi connectivity index (χ4v) is 6.61. The Bertz CT molecular complexity index is 1820. The van der Waals surface area contributed by atoms with E-state index in [4.69, 9.17) is 10.8 Å². The number of rotatable bonds is 26. The molecule has 0 spiro atoms. The van der Waals surface area contributed by atoms with Gasteiger partial charge in [0, 0.05) is 44.5 Å². The van der Waals surface area contributed by atoms with E-state index in [9.17, 15) is 58.3 Å². The highest BCUT2D eigenvalue weighted by Crippen LogP contribution is 2.19. The summed E-state index contributed by atoms with van der Waals surface area (Å²) in [6, 6.07) is -0.565. The number of nitrogens with two attached hydrogens (primary N) is 1. The molecule has 0 radical (unpaired) electrons. The predicted octanol–water partition coefficient (Wildman–Crippen LogP) is -3.54. The fourth-order valence-electron chi connectivity index (χ4n) is 6.61. The molecule has 7 atom stereocenters. The molecule has 0 bridgehead atoms. The zero-order valence-corrected chi connectivity index (χ0v) is 35.1. The zero-order valence-electron chi connectivity index (χ0n) is 35.1. The van der Waals surface area contributed by atoms with E-state index < -0.39 is 97.2 Å². The van der Waals surface area contributed by atoms with E-state index in [0.717, 1.165) is 0 Å². The fraction of sp³-hybridized carbons (Fsp3) is 0.579. The van der Waals surface area contributed by atoms with Gasteiger partial charge in [-0.15, -0.1) is 0 Å². The summed E-state index contributed by atoms with van der Waals surface area (Å²) in [5.41, 5.74) is 11.6. The average Bonchev–Trinajstić information content (AvgIpc) is 3.95. The number of carbonyl (C=O) groups excluding carboxylic acids is 7. The molecule has 24 nitrogen and oxygen atoms in total. The van der Waals surface area contributed by atoms with Crippen LogP contribution in [0.1, 0.15) is 88.4 Å². The molecule has 7 amide bonds. The third kappa shape index (κ3) is 17.5. The summed E-state index contributed by atoms with van der Waals surface area (Å²) in [4.78, 5) is 117. The Morgan fingerprint density at radius 2 is 1.52 bits per heavy atom. The van der Waals surface area contributed by atoms with E-state index in [0.29, 0.717) is 50.9 Å². The summed E-state index contributed by atoms with van der Waals surface area (Å²) < 4.78 is 0. The second kappa shape index (κ2) is 25.6. The van der Waals surface area contributed by atoms with E-state index in [1.807, 2.05) is 0 Å². The number of hydrazine groups is 1. The van der Waals surface area contributed by atoms with Gasteiger partial charge < -0.3 is 62.8 Å². The Kier molecular flexibility index (Phi) is 20.7. The molecule has 1 fully saturated rings. The van der Waals surface area contributed by atoms with Gasteiger partial charge in [0.2, 0.25) is 35.4 Å². The number of nitrogens with one attached hydrogen (secondary N) is 8. The molecule has 63 heavy (non-hydrogen) atoms. The lowest BCUT2D eigenvalue weighted by atomic mass is 9.78. The van der Waals surface area contributed by atoms with Crippen LogP contribution in [0.2, 0.25) is 0 Å². The Morgan fingerprint density at radius 1 is 0.857 bits per heavy atom. The van der Waals surface area contributed by atoms with Crippen LogP contribution < -0.4 is 48.5 Å². The first-order valence-electron chi connectivity index (χ1n) is 20.6. The van der Waals surface area contributed by atoms with Gasteiger partial charge in [0.05, 0.1) is 36.5 Å². The number of amides is 7. The van der Waals surface area contributed by atoms with Crippen molar-refractivity contribution in [1.29, 1.82) is 0 Å². The number of aliphatic imine (C=N–C) groups is 1. The highest BCUT2D eigenvalue weighted by Gasteiger charge is 2.38. The summed E-state index contributed by atoms with van der Waals surface area (Å²) in [5.74, 6) is -7.59. The van der Waals surface area contributed by atoms with Gasteiger partial charge in [-0.05, 0) is 70.2 Å². The molecule has 2 aliphatic heterocycles. The molecule has 346 valence electrons. The topological polar surface area (TPSA) is 372 Å². The molecule has 1 aromatic rings. The lowest BCUT2D eigenvalue weighted by Crippen LogP contribution is -2.57. The SMILES string of the molecule is C[C@H](NC(=O)[C@@H](N)CC(=O)O)C(=O)N[C@@H](CC1CNC=N1)C(=O)N[C@@H](CCNC(=O)CCCCCC(=O)NNc1ccc(C(=O)N[C@H](C)C(=O)N2CCC[C@H]2B(O)O)cc1)C(=O)O. The summed E-state index contributed by atoms with van der Waals surface area (Å²) in [6.07, 6.45) is 3.30. The Labute approximate surface area is 363 Å². The third-order valence-electron chi connectivity index (χ3n) is 10.2. The van der Waals surface area contributed by atoms with E-state index in [-0.39, 0.29) is 49.6 Å². The van der Waals surface area contributed by atoms with E-state index in [1.165, 1.54) is 37.2 Å². The van der Waals surface area contributed by atoms with E-state index in [2.05, 4.69) is 47.7 Å². The summed E-state index contributed by atoms with van der Waals surface area (Å²) in [5, 5.41) is 52.9. The molecular formula is C38H58BN11O13. The first-order valence-corrected chi connectivity index (χ1v) is 20.6. The smallest absolute Gasteiger partial charge is 0.475 e. The molecule has 3 rings (SSSR count). The molecule has 2 heterocycles. The first-order chi connectivity index (χ1) is 29.9. The highest BCUT2D eigenvalue weighted by molar-refractivity contribution is 6.43. The van der Waals surface area contributed by atoms with Crippen LogP contribution in [-0.2, 0) is 38.4 Å². The summed E-state index contributed by atoms with van der Waals surface area (Å²) >= 11 is 0. The minimum Gasteiger partial charge on any atom is -0.481 e. The van der Waals surface area contributed by atoms with Gasteiger partial charge in [-0.1, -0.05) is 6.42 Å². The predicted molar refractivity (Wildman–Crippen MR) is 225 cm³/mol. The number of hydrogen-bond donors (Lipinski definition) is 13. The molecule has 1 aromatic carbocycles.